The summed E-state index contributed by atoms with van der Waals surface area (Å²) in [6.07, 6.45) is -0.430. The molecule has 7 heteroatoms. The van der Waals surface area contributed by atoms with E-state index in [1.807, 2.05) is 0 Å². The predicted octanol–water partition coefficient (Wildman–Crippen LogP) is -1.57. The largest absolute Gasteiger partial charge is 0.480 e. The number of aliphatic carboxylic acids is 1. The lowest BCUT2D eigenvalue weighted by molar-refractivity contribution is -0.144. The van der Waals surface area contributed by atoms with Crippen molar-refractivity contribution >= 4 is 17.8 Å². The van der Waals surface area contributed by atoms with Crippen LogP contribution in [0.1, 0.15) is 20.3 Å². The number of carboxylic acids is 1. The Balaban J connectivity index is 4.58. The molecule has 0 aromatic carbocycles. The Morgan fingerprint density at radius 3 is 2.19 bits per heavy atom. The molecule has 0 bridgehead atoms. The van der Waals surface area contributed by atoms with Gasteiger partial charge in [-0.3, -0.25) is 9.59 Å². The van der Waals surface area contributed by atoms with Crippen LogP contribution in [0.15, 0.2) is 0 Å². The van der Waals surface area contributed by atoms with Crippen molar-refractivity contribution in [3.05, 3.63) is 0 Å². The lowest BCUT2D eigenvalue weighted by Gasteiger charge is -2.24. The minimum absolute atomic E-state index is 0.430. The van der Waals surface area contributed by atoms with Gasteiger partial charge in [-0.05, 0) is 20.9 Å². The van der Waals surface area contributed by atoms with Gasteiger partial charge in [-0.25, -0.2) is 4.79 Å². The Kier molecular flexibility index (Phi) is 4.90. The molecular weight excluding hydrogens is 214 g/mol. The number of rotatable bonds is 6. The molecule has 2 amide bonds. The highest BCUT2D eigenvalue weighted by molar-refractivity contribution is 5.91. The third-order valence-corrected chi connectivity index (χ3v) is 2.20. The summed E-state index contributed by atoms with van der Waals surface area (Å²) in [5, 5.41) is 13.7. The molecular formula is C9H17N3O4. The summed E-state index contributed by atoms with van der Waals surface area (Å²) in [5.41, 5.74) is 3.97. The molecule has 16 heavy (non-hydrogen) atoms. The molecule has 1 unspecified atom stereocenters. The molecule has 0 aromatic heterocycles. The highest BCUT2D eigenvalue weighted by atomic mass is 16.4. The van der Waals surface area contributed by atoms with E-state index in [0.717, 1.165) is 0 Å². The standard InChI is InChI=1S/C9H17N3O4/c1-9(2,11-3)8(16)12-5(7(14)15)4-6(10)13/h5,11H,4H2,1-3H3,(H2,10,13)(H,12,16)(H,14,15). The van der Waals surface area contributed by atoms with Crippen LogP contribution in [0.2, 0.25) is 0 Å². The summed E-state index contributed by atoms with van der Waals surface area (Å²) in [6.45, 7) is 3.18. The van der Waals surface area contributed by atoms with E-state index in [1.54, 1.807) is 20.9 Å². The number of carbonyl (C=O) groups excluding carboxylic acids is 2. The van der Waals surface area contributed by atoms with E-state index in [-0.39, 0.29) is 0 Å². The predicted molar refractivity (Wildman–Crippen MR) is 56.5 cm³/mol. The van der Waals surface area contributed by atoms with Crippen LogP contribution in [0.25, 0.3) is 0 Å². The summed E-state index contributed by atoms with van der Waals surface area (Å²) < 4.78 is 0. The van der Waals surface area contributed by atoms with Crippen molar-refractivity contribution in [2.45, 2.75) is 31.8 Å². The zero-order valence-electron chi connectivity index (χ0n) is 9.53. The monoisotopic (exact) mass is 231 g/mol. The van der Waals surface area contributed by atoms with Crippen LogP contribution in [0.4, 0.5) is 0 Å². The number of amides is 2. The number of nitrogens with one attached hydrogen (secondary N) is 2. The van der Waals surface area contributed by atoms with Crippen LogP contribution in [-0.2, 0) is 14.4 Å². The van der Waals surface area contributed by atoms with Crippen molar-refractivity contribution in [1.29, 1.82) is 0 Å². The van der Waals surface area contributed by atoms with E-state index in [9.17, 15) is 14.4 Å². The molecule has 0 radical (unpaired) electrons. The van der Waals surface area contributed by atoms with Crippen LogP contribution >= 0.6 is 0 Å². The van der Waals surface area contributed by atoms with Gasteiger partial charge in [0.15, 0.2) is 0 Å². The van der Waals surface area contributed by atoms with Gasteiger partial charge in [0.2, 0.25) is 11.8 Å². The molecule has 0 aromatic rings. The van der Waals surface area contributed by atoms with E-state index in [2.05, 4.69) is 10.6 Å². The normalized spacial score (nSPS) is 12.9. The first-order chi connectivity index (χ1) is 7.20. The fourth-order valence-corrected chi connectivity index (χ4v) is 0.853. The Labute approximate surface area is 93.4 Å². The molecule has 0 aliphatic heterocycles. The first kappa shape index (κ1) is 14.4. The van der Waals surface area contributed by atoms with Gasteiger partial charge in [-0.15, -0.1) is 0 Å². The molecule has 0 aliphatic rings. The van der Waals surface area contributed by atoms with Gasteiger partial charge < -0.3 is 21.5 Å². The lowest BCUT2D eigenvalue weighted by atomic mass is 10.0. The quantitative estimate of drug-likeness (QED) is 0.440. The van der Waals surface area contributed by atoms with Crippen molar-refractivity contribution in [3.63, 3.8) is 0 Å². The SMILES string of the molecule is CNC(C)(C)C(=O)NC(CC(N)=O)C(=O)O. The molecule has 1 atom stereocenters. The summed E-state index contributed by atoms with van der Waals surface area (Å²) in [6, 6.07) is -1.29. The fourth-order valence-electron chi connectivity index (χ4n) is 0.853. The number of primary amides is 1. The van der Waals surface area contributed by atoms with Gasteiger partial charge in [-0.1, -0.05) is 0 Å². The summed E-state index contributed by atoms with van der Waals surface area (Å²) in [4.78, 5) is 33.0. The van der Waals surface area contributed by atoms with Gasteiger partial charge in [0.1, 0.15) is 6.04 Å². The van der Waals surface area contributed by atoms with Crippen molar-refractivity contribution in [3.8, 4) is 0 Å². The lowest BCUT2D eigenvalue weighted by Crippen LogP contribution is -2.55. The highest BCUT2D eigenvalue weighted by Gasteiger charge is 2.30. The van der Waals surface area contributed by atoms with Crippen LogP contribution in [0.5, 0.6) is 0 Å². The number of likely N-dealkylation sites (N-methyl/N-ethyl adjacent to an activating group) is 1. The van der Waals surface area contributed by atoms with Gasteiger partial charge in [0, 0.05) is 0 Å². The van der Waals surface area contributed by atoms with Crippen LogP contribution in [0.3, 0.4) is 0 Å². The molecule has 0 saturated heterocycles. The number of hydrogen-bond acceptors (Lipinski definition) is 4. The van der Waals surface area contributed by atoms with Crippen molar-refractivity contribution in [2.75, 3.05) is 7.05 Å². The maximum absolute atomic E-state index is 11.6. The smallest absolute Gasteiger partial charge is 0.326 e. The summed E-state index contributed by atoms with van der Waals surface area (Å²) in [7, 11) is 1.57. The van der Waals surface area contributed by atoms with Gasteiger partial charge >= 0.3 is 5.97 Å². The first-order valence-corrected chi connectivity index (χ1v) is 4.71. The summed E-state index contributed by atoms with van der Waals surface area (Å²) >= 11 is 0. The van der Waals surface area contributed by atoms with Crippen molar-refractivity contribution in [1.82, 2.24) is 10.6 Å². The minimum atomic E-state index is -1.29. The Morgan fingerprint density at radius 2 is 1.88 bits per heavy atom. The van der Waals surface area contributed by atoms with Crippen molar-refractivity contribution < 1.29 is 19.5 Å². The number of nitrogens with two attached hydrogens (primary N) is 1. The molecule has 5 N–H and O–H groups in total. The molecule has 92 valence electrons. The maximum Gasteiger partial charge on any atom is 0.326 e. The summed E-state index contributed by atoms with van der Waals surface area (Å²) in [5.74, 6) is -2.59. The van der Waals surface area contributed by atoms with E-state index >= 15 is 0 Å². The molecule has 0 rings (SSSR count). The Hall–Kier alpha value is -1.63. The maximum atomic E-state index is 11.6. The van der Waals surface area contributed by atoms with Crippen molar-refractivity contribution in [2.24, 2.45) is 5.73 Å². The average Bonchev–Trinajstić information content (AvgIpc) is 2.15. The fraction of sp³-hybridized carbons (Fsp3) is 0.667. The van der Waals surface area contributed by atoms with Gasteiger partial charge in [0.05, 0.1) is 12.0 Å². The van der Waals surface area contributed by atoms with Crippen LogP contribution < -0.4 is 16.4 Å². The van der Waals surface area contributed by atoms with Crippen LogP contribution in [0, 0.1) is 0 Å². The number of carboxylic acid groups (broad SMARTS) is 1. The Bertz CT molecular complexity index is 301. The molecule has 0 saturated carbocycles. The third-order valence-electron chi connectivity index (χ3n) is 2.20. The highest BCUT2D eigenvalue weighted by Crippen LogP contribution is 2.02. The second-order valence-electron chi connectivity index (χ2n) is 3.91. The first-order valence-electron chi connectivity index (χ1n) is 4.71. The van der Waals surface area contributed by atoms with E-state index in [1.165, 1.54) is 0 Å². The van der Waals surface area contributed by atoms with E-state index < -0.39 is 35.8 Å². The second kappa shape index (κ2) is 5.45. The third kappa shape index (κ3) is 4.26. The minimum Gasteiger partial charge on any atom is -0.480 e. The second-order valence-corrected chi connectivity index (χ2v) is 3.91. The average molecular weight is 231 g/mol. The molecule has 0 fully saturated rings. The molecule has 0 aliphatic carbocycles. The Morgan fingerprint density at radius 1 is 1.38 bits per heavy atom. The van der Waals surface area contributed by atoms with E-state index in [0.29, 0.717) is 0 Å². The van der Waals surface area contributed by atoms with E-state index in [4.69, 9.17) is 10.8 Å². The molecule has 0 spiro atoms. The number of hydrogen-bond donors (Lipinski definition) is 4. The zero-order chi connectivity index (χ0) is 12.9. The van der Waals surface area contributed by atoms with Gasteiger partial charge in [-0.2, -0.15) is 0 Å². The molecule has 0 heterocycles. The molecule has 7 nitrogen and oxygen atoms in total. The van der Waals surface area contributed by atoms with Gasteiger partial charge in [0.25, 0.3) is 0 Å². The zero-order valence-corrected chi connectivity index (χ0v) is 9.53. The van der Waals surface area contributed by atoms with Crippen LogP contribution in [-0.4, -0.2) is 41.5 Å². The topological polar surface area (TPSA) is 122 Å². The number of carbonyl (C=O) groups is 3.